The highest BCUT2D eigenvalue weighted by Gasteiger charge is 2.16. The van der Waals surface area contributed by atoms with Gasteiger partial charge in [0.05, 0.1) is 12.5 Å². The summed E-state index contributed by atoms with van der Waals surface area (Å²) < 4.78 is 5.04. The number of hydrogen-bond acceptors (Lipinski definition) is 7. The summed E-state index contributed by atoms with van der Waals surface area (Å²) in [5, 5.41) is 5.13. The topological polar surface area (TPSA) is 104 Å². The first-order chi connectivity index (χ1) is 9.74. The van der Waals surface area contributed by atoms with Gasteiger partial charge in [0, 0.05) is 24.9 Å². The van der Waals surface area contributed by atoms with E-state index in [1.54, 1.807) is 31.2 Å². The van der Waals surface area contributed by atoms with Crippen molar-refractivity contribution in [1.29, 1.82) is 0 Å². The third kappa shape index (κ3) is 1.78. The zero-order valence-corrected chi connectivity index (χ0v) is 11.0. The summed E-state index contributed by atoms with van der Waals surface area (Å²) in [4.78, 5) is 13.9. The lowest BCUT2D eigenvalue weighted by atomic mass is 10.1. The van der Waals surface area contributed by atoms with E-state index in [1.807, 2.05) is 6.07 Å². The molecule has 20 heavy (non-hydrogen) atoms. The number of fused-ring (bicyclic) bond motifs is 1. The molecular formula is C12H13N7O. The normalized spacial score (nSPS) is 10.7. The van der Waals surface area contributed by atoms with Gasteiger partial charge in [-0.1, -0.05) is 0 Å². The minimum Gasteiger partial charge on any atom is -0.481 e. The number of nitrogen functional groups attached to an aromatic ring is 1. The van der Waals surface area contributed by atoms with E-state index in [2.05, 4.69) is 25.5 Å². The standard InChI is InChI=1S/C12H13N7O/c1-14-19-12-9(11(13)16-6-17-12)10(18-19)7-3-4-8(20-2)15-5-7/h3-6,14H,1-2H3,(H2,13,16,17). The number of pyridine rings is 1. The van der Waals surface area contributed by atoms with E-state index >= 15 is 0 Å². The number of nitrogens with two attached hydrogens (primary N) is 1. The molecule has 0 aliphatic carbocycles. The van der Waals surface area contributed by atoms with Gasteiger partial charge in [0.2, 0.25) is 5.88 Å². The second-order valence-electron chi connectivity index (χ2n) is 4.03. The molecule has 0 bridgehead atoms. The Morgan fingerprint density at radius 2 is 2.10 bits per heavy atom. The van der Waals surface area contributed by atoms with Gasteiger partial charge in [-0.3, -0.25) is 0 Å². The Kier molecular flexibility index (Phi) is 2.82. The van der Waals surface area contributed by atoms with E-state index in [1.165, 1.54) is 6.33 Å². The van der Waals surface area contributed by atoms with Crippen LogP contribution in [0.4, 0.5) is 5.82 Å². The van der Waals surface area contributed by atoms with Crippen LogP contribution in [0.15, 0.2) is 24.7 Å². The van der Waals surface area contributed by atoms with Gasteiger partial charge in [0.1, 0.15) is 17.8 Å². The van der Waals surface area contributed by atoms with Crippen molar-refractivity contribution in [3.8, 4) is 17.1 Å². The van der Waals surface area contributed by atoms with E-state index in [4.69, 9.17) is 10.5 Å². The smallest absolute Gasteiger partial charge is 0.212 e. The van der Waals surface area contributed by atoms with Crippen molar-refractivity contribution in [3.05, 3.63) is 24.7 Å². The van der Waals surface area contributed by atoms with Crippen molar-refractivity contribution in [1.82, 2.24) is 24.8 Å². The van der Waals surface area contributed by atoms with E-state index in [0.717, 1.165) is 5.56 Å². The molecule has 0 atom stereocenters. The Balaban J connectivity index is 2.24. The quantitative estimate of drug-likeness (QED) is 0.720. The Hall–Kier alpha value is -2.90. The van der Waals surface area contributed by atoms with Crippen molar-refractivity contribution >= 4 is 16.9 Å². The lowest BCUT2D eigenvalue weighted by molar-refractivity contribution is 0.398. The van der Waals surface area contributed by atoms with Gasteiger partial charge in [0.25, 0.3) is 0 Å². The summed E-state index contributed by atoms with van der Waals surface area (Å²) in [6.07, 6.45) is 3.08. The molecule has 0 saturated heterocycles. The van der Waals surface area contributed by atoms with E-state index in [9.17, 15) is 0 Å². The third-order valence-corrected chi connectivity index (χ3v) is 2.92. The summed E-state index contributed by atoms with van der Waals surface area (Å²) in [5.41, 5.74) is 11.0. The maximum atomic E-state index is 5.94. The van der Waals surface area contributed by atoms with Gasteiger partial charge in [-0.2, -0.15) is 4.79 Å². The van der Waals surface area contributed by atoms with Crippen molar-refractivity contribution in [2.75, 3.05) is 25.3 Å². The maximum absolute atomic E-state index is 5.94. The molecule has 3 N–H and O–H groups in total. The van der Waals surface area contributed by atoms with Crippen molar-refractivity contribution in [2.24, 2.45) is 0 Å². The first kappa shape index (κ1) is 12.2. The number of nitrogens with zero attached hydrogens (tertiary/aromatic N) is 5. The van der Waals surface area contributed by atoms with Crippen molar-refractivity contribution < 1.29 is 4.74 Å². The lowest BCUT2D eigenvalue weighted by Crippen LogP contribution is -2.11. The molecule has 0 aliphatic heterocycles. The van der Waals surface area contributed by atoms with Gasteiger partial charge >= 0.3 is 0 Å². The van der Waals surface area contributed by atoms with Crippen LogP contribution >= 0.6 is 0 Å². The number of ether oxygens (including phenoxy) is 1. The molecule has 0 spiro atoms. The highest BCUT2D eigenvalue weighted by Crippen LogP contribution is 2.29. The minimum atomic E-state index is 0.377. The van der Waals surface area contributed by atoms with Crippen LogP contribution in [0.1, 0.15) is 0 Å². The van der Waals surface area contributed by atoms with Crippen LogP contribution in [0.3, 0.4) is 0 Å². The molecule has 0 aromatic carbocycles. The molecule has 0 saturated carbocycles. The largest absolute Gasteiger partial charge is 0.481 e. The Morgan fingerprint density at radius 1 is 1.25 bits per heavy atom. The van der Waals surface area contributed by atoms with Gasteiger partial charge in [-0.15, -0.1) is 5.10 Å². The van der Waals surface area contributed by atoms with Crippen LogP contribution in [0.5, 0.6) is 5.88 Å². The van der Waals surface area contributed by atoms with Gasteiger partial charge < -0.3 is 15.9 Å². The molecule has 102 valence electrons. The Bertz CT molecular complexity index is 750. The van der Waals surface area contributed by atoms with Crippen LogP contribution in [0, 0.1) is 0 Å². The fourth-order valence-corrected chi connectivity index (χ4v) is 1.97. The lowest BCUT2D eigenvalue weighted by Gasteiger charge is -2.00. The first-order valence-corrected chi connectivity index (χ1v) is 5.92. The van der Waals surface area contributed by atoms with E-state index in [0.29, 0.717) is 28.4 Å². The predicted molar refractivity (Wildman–Crippen MR) is 74.8 cm³/mol. The number of rotatable bonds is 3. The van der Waals surface area contributed by atoms with Crippen LogP contribution in [-0.4, -0.2) is 39.0 Å². The highest BCUT2D eigenvalue weighted by atomic mass is 16.5. The Labute approximate surface area is 114 Å². The monoisotopic (exact) mass is 271 g/mol. The molecule has 0 unspecified atom stereocenters. The molecule has 0 amide bonds. The van der Waals surface area contributed by atoms with Crippen molar-refractivity contribution in [3.63, 3.8) is 0 Å². The Morgan fingerprint density at radius 3 is 2.75 bits per heavy atom. The van der Waals surface area contributed by atoms with Crippen LogP contribution in [0.2, 0.25) is 0 Å². The van der Waals surface area contributed by atoms with Gasteiger partial charge in [-0.25, -0.2) is 15.0 Å². The molecule has 0 aliphatic rings. The number of methoxy groups -OCH3 is 1. The first-order valence-electron chi connectivity index (χ1n) is 5.92. The van der Waals surface area contributed by atoms with Gasteiger partial charge in [-0.05, 0) is 6.07 Å². The second-order valence-corrected chi connectivity index (χ2v) is 4.03. The molecule has 0 radical (unpaired) electrons. The molecule has 3 rings (SSSR count). The number of aromatic nitrogens is 5. The highest BCUT2D eigenvalue weighted by molar-refractivity contribution is 5.98. The van der Waals surface area contributed by atoms with Crippen LogP contribution < -0.4 is 15.9 Å². The molecular weight excluding hydrogens is 258 g/mol. The average Bonchev–Trinajstić information content (AvgIpc) is 2.87. The summed E-state index contributed by atoms with van der Waals surface area (Å²) in [6.45, 7) is 0. The second kappa shape index (κ2) is 4.65. The van der Waals surface area contributed by atoms with Crippen LogP contribution in [0.25, 0.3) is 22.3 Å². The molecule has 8 heteroatoms. The minimum absolute atomic E-state index is 0.377. The fraction of sp³-hybridized carbons (Fsp3) is 0.167. The fourth-order valence-electron chi connectivity index (χ4n) is 1.97. The van der Waals surface area contributed by atoms with Gasteiger partial charge in [0.15, 0.2) is 5.65 Å². The average molecular weight is 271 g/mol. The summed E-state index contributed by atoms with van der Waals surface area (Å²) in [6, 6.07) is 3.62. The predicted octanol–water partition coefficient (Wildman–Crippen LogP) is 0.652. The third-order valence-electron chi connectivity index (χ3n) is 2.92. The SMILES string of the molecule is CNn1nc(-c2ccc(OC)nc2)c2c(N)ncnc21. The number of hydrogen-bond donors (Lipinski definition) is 2. The summed E-state index contributed by atoms with van der Waals surface area (Å²) in [5.74, 6) is 0.914. The zero-order chi connectivity index (χ0) is 14.1. The van der Waals surface area contributed by atoms with Crippen LogP contribution in [-0.2, 0) is 0 Å². The molecule has 3 aromatic rings. The molecule has 3 aromatic heterocycles. The van der Waals surface area contributed by atoms with E-state index < -0.39 is 0 Å². The summed E-state index contributed by atoms with van der Waals surface area (Å²) >= 11 is 0. The number of anilines is 1. The molecule has 3 heterocycles. The molecule has 8 nitrogen and oxygen atoms in total. The summed E-state index contributed by atoms with van der Waals surface area (Å²) in [7, 11) is 3.32. The van der Waals surface area contributed by atoms with E-state index in [-0.39, 0.29) is 0 Å². The van der Waals surface area contributed by atoms with Crippen molar-refractivity contribution in [2.45, 2.75) is 0 Å². The number of nitrogens with one attached hydrogen (secondary N) is 1. The maximum Gasteiger partial charge on any atom is 0.212 e. The molecule has 0 fully saturated rings. The zero-order valence-electron chi connectivity index (χ0n) is 11.0.